The minimum atomic E-state index is 0.195. The highest BCUT2D eigenvalue weighted by molar-refractivity contribution is 5.12. The molecule has 3 nitrogen and oxygen atoms in total. The molecule has 0 aliphatic carbocycles. The molecule has 0 atom stereocenters. The quantitative estimate of drug-likeness (QED) is 0.903. The third-order valence-corrected chi connectivity index (χ3v) is 4.59. The molecule has 1 N–H and O–H groups in total. The Hall–Kier alpha value is -0.930. The zero-order valence-corrected chi connectivity index (χ0v) is 12.7. The number of nitrogens with one attached hydrogen (secondary N) is 1. The first-order valence-corrected chi connectivity index (χ1v) is 7.40. The van der Waals surface area contributed by atoms with E-state index in [1.165, 1.54) is 18.4 Å². The zero-order chi connectivity index (χ0) is 13.9. The lowest BCUT2D eigenvalue weighted by molar-refractivity contribution is 0.00232. The van der Waals surface area contributed by atoms with Gasteiger partial charge in [-0.25, -0.2) is 0 Å². The lowest BCUT2D eigenvalue weighted by Crippen LogP contribution is -2.67. The number of pyridine rings is 1. The summed E-state index contributed by atoms with van der Waals surface area (Å²) >= 11 is 0. The lowest BCUT2D eigenvalue weighted by Gasteiger charge is -2.52. The molecule has 0 bridgehead atoms. The van der Waals surface area contributed by atoms with Crippen LogP contribution in [0.1, 0.15) is 46.1 Å². The van der Waals surface area contributed by atoms with Gasteiger partial charge in [0.05, 0.1) is 0 Å². The summed E-state index contributed by atoms with van der Waals surface area (Å²) in [7, 11) is 0. The zero-order valence-electron chi connectivity index (χ0n) is 12.7. The third kappa shape index (κ3) is 3.15. The lowest BCUT2D eigenvalue weighted by atomic mass is 9.84. The maximum absolute atomic E-state index is 4.11. The maximum Gasteiger partial charge on any atom is 0.0333 e. The molecule has 0 unspecified atom stereocenters. The molecule has 1 aliphatic rings. The minimum absolute atomic E-state index is 0.195. The van der Waals surface area contributed by atoms with Crippen LogP contribution in [0.4, 0.5) is 0 Å². The first-order valence-electron chi connectivity index (χ1n) is 7.40. The molecule has 1 aromatic rings. The Labute approximate surface area is 117 Å². The molecular weight excluding hydrogens is 234 g/mol. The van der Waals surface area contributed by atoms with Gasteiger partial charge in [0.25, 0.3) is 0 Å². The van der Waals surface area contributed by atoms with E-state index in [1.807, 2.05) is 12.4 Å². The highest BCUT2D eigenvalue weighted by Gasteiger charge is 2.41. The van der Waals surface area contributed by atoms with Crippen LogP contribution >= 0.6 is 0 Å². The standard InChI is InChI=1S/C16H27N3/c1-5-16(6-2)12-18-15(3,4)13-19(16)11-14-7-9-17-10-8-14/h7-10,18H,5-6,11-13H2,1-4H3. The highest BCUT2D eigenvalue weighted by Crippen LogP contribution is 2.31. The van der Waals surface area contributed by atoms with Crippen LogP contribution in [0.15, 0.2) is 24.5 Å². The fraction of sp³-hybridized carbons (Fsp3) is 0.688. The van der Waals surface area contributed by atoms with Crippen LogP contribution in [-0.2, 0) is 6.54 Å². The molecule has 2 heterocycles. The van der Waals surface area contributed by atoms with Gasteiger partial charge in [0, 0.05) is 43.1 Å². The van der Waals surface area contributed by atoms with Crippen molar-refractivity contribution in [2.24, 2.45) is 0 Å². The molecule has 1 aromatic heterocycles. The van der Waals surface area contributed by atoms with Crippen LogP contribution in [0.3, 0.4) is 0 Å². The topological polar surface area (TPSA) is 28.2 Å². The van der Waals surface area contributed by atoms with Gasteiger partial charge in [-0.2, -0.15) is 0 Å². The van der Waals surface area contributed by atoms with Gasteiger partial charge in [-0.1, -0.05) is 13.8 Å². The normalized spacial score (nSPS) is 22.3. The Morgan fingerprint density at radius 3 is 2.42 bits per heavy atom. The molecule has 2 rings (SSSR count). The van der Waals surface area contributed by atoms with Crippen LogP contribution < -0.4 is 5.32 Å². The summed E-state index contributed by atoms with van der Waals surface area (Å²) in [5.74, 6) is 0. The Bertz CT molecular complexity index is 396. The highest BCUT2D eigenvalue weighted by atomic mass is 15.3. The predicted molar refractivity (Wildman–Crippen MR) is 80.0 cm³/mol. The van der Waals surface area contributed by atoms with Crippen molar-refractivity contribution in [3.8, 4) is 0 Å². The van der Waals surface area contributed by atoms with E-state index in [0.29, 0.717) is 5.54 Å². The van der Waals surface area contributed by atoms with Gasteiger partial charge in [0.15, 0.2) is 0 Å². The summed E-state index contributed by atoms with van der Waals surface area (Å²) in [5.41, 5.74) is 1.85. The molecular formula is C16H27N3. The van der Waals surface area contributed by atoms with E-state index in [-0.39, 0.29) is 5.54 Å². The summed E-state index contributed by atoms with van der Waals surface area (Å²) in [6, 6.07) is 4.26. The van der Waals surface area contributed by atoms with Crippen molar-refractivity contribution in [2.45, 2.75) is 58.2 Å². The molecule has 3 heteroatoms. The van der Waals surface area contributed by atoms with E-state index in [9.17, 15) is 0 Å². The van der Waals surface area contributed by atoms with Crippen molar-refractivity contribution in [1.82, 2.24) is 15.2 Å². The van der Waals surface area contributed by atoms with Gasteiger partial charge in [0.2, 0.25) is 0 Å². The molecule has 0 spiro atoms. The second kappa shape index (κ2) is 5.59. The summed E-state index contributed by atoms with van der Waals surface area (Å²) in [6.07, 6.45) is 6.17. The SMILES string of the molecule is CCC1(CC)CNC(C)(C)CN1Cc1ccncc1. The summed E-state index contributed by atoms with van der Waals surface area (Å²) < 4.78 is 0. The van der Waals surface area contributed by atoms with E-state index in [4.69, 9.17) is 0 Å². The summed E-state index contributed by atoms with van der Waals surface area (Å²) in [6.45, 7) is 12.4. The maximum atomic E-state index is 4.11. The summed E-state index contributed by atoms with van der Waals surface area (Å²) in [4.78, 5) is 6.78. The Balaban J connectivity index is 2.21. The van der Waals surface area contributed by atoms with Gasteiger partial charge in [0.1, 0.15) is 0 Å². The van der Waals surface area contributed by atoms with Crippen LogP contribution in [0, 0.1) is 0 Å². The molecule has 0 saturated carbocycles. The smallest absolute Gasteiger partial charge is 0.0333 e. The van der Waals surface area contributed by atoms with Crippen LogP contribution in [-0.4, -0.2) is 34.1 Å². The average Bonchev–Trinajstić information content (AvgIpc) is 2.40. The number of piperazine rings is 1. The molecule has 106 valence electrons. The number of hydrogen-bond acceptors (Lipinski definition) is 3. The van der Waals surface area contributed by atoms with Gasteiger partial charge in [-0.15, -0.1) is 0 Å². The van der Waals surface area contributed by atoms with Crippen LogP contribution in [0.2, 0.25) is 0 Å². The molecule has 19 heavy (non-hydrogen) atoms. The minimum Gasteiger partial charge on any atom is -0.309 e. The van der Waals surface area contributed by atoms with Crippen molar-refractivity contribution in [3.63, 3.8) is 0 Å². The van der Waals surface area contributed by atoms with Crippen LogP contribution in [0.25, 0.3) is 0 Å². The van der Waals surface area contributed by atoms with Crippen molar-refractivity contribution in [2.75, 3.05) is 13.1 Å². The third-order valence-electron chi connectivity index (χ3n) is 4.59. The van der Waals surface area contributed by atoms with Gasteiger partial charge < -0.3 is 5.32 Å². The van der Waals surface area contributed by atoms with E-state index >= 15 is 0 Å². The predicted octanol–water partition coefficient (Wildman–Crippen LogP) is 2.82. The van der Waals surface area contributed by atoms with Gasteiger partial charge in [-0.3, -0.25) is 9.88 Å². The average molecular weight is 261 g/mol. The largest absolute Gasteiger partial charge is 0.309 e. The Morgan fingerprint density at radius 1 is 1.21 bits per heavy atom. The van der Waals surface area contributed by atoms with Crippen molar-refractivity contribution < 1.29 is 0 Å². The molecule has 0 amide bonds. The van der Waals surface area contributed by atoms with E-state index in [1.54, 1.807) is 0 Å². The number of nitrogens with zero attached hydrogens (tertiary/aromatic N) is 2. The number of aromatic nitrogens is 1. The molecule has 0 aromatic carbocycles. The monoisotopic (exact) mass is 261 g/mol. The fourth-order valence-electron chi connectivity index (χ4n) is 3.10. The van der Waals surface area contributed by atoms with Crippen molar-refractivity contribution in [3.05, 3.63) is 30.1 Å². The molecule has 1 aliphatic heterocycles. The number of rotatable bonds is 4. The van der Waals surface area contributed by atoms with E-state index < -0.39 is 0 Å². The Morgan fingerprint density at radius 2 is 1.84 bits per heavy atom. The Kier molecular flexibility index (Phi) is 4.26. The van der Waals surface area contributed by atoms with Crippen molar-refractivity contribution in [1.29, 1.82) is 0 Å². The summed E-state index contributed by atoms with van der Waals surface area (Å²) in [5, 5.41) is 3.71. The van der Waals surface area contributed by atoms with E-state index in [2.05, 4.69) is 55.0 Å². The fourth-order valence-corrected chi connectivity index (χ4v) is 3.10. The molecule has 0 radical (unpaired) electrons. The van der Waals surface area contributed by atoms with E-state index in [0.717, 1.165) is 19.6 Å². The second-order valence-electron chi connectivity index (χ2n) is 6.38. The van der Waals surface area contributed by atoms with Gasteiger partial charge >= 0.3 is 0 Å². The number of hydrogen-bond donors (Lipinski definition) is 1. The molecule has 1 fully saturated rings. The van der Waals surface area contributed by atoms with Crippen LogP contribution in [0.5, 0.6) is 0 Å². The first-order chi connectivity index (χ1) is 9.01. The molecule has 1 saturated heterocycles. The second-order valence-corrected chi connectivity index (χ2v) is 6.38. The van der Waals surface area contributed by atoms with Crippen molar-refractivity contribution >= 4 is 0 Å². The first kappa shape index (κ1) is 14.5. The van der Waals surface area contributed by atoms with Gasteiger partial charge in [-0.05, 0) is 44.4 Å².